The third-order valence-corrected chi connectivity index (χ3v) is 7.39. The number of fused-ring (bicyclic) bond motifs is 1. The van der Waals surface area contributed by atoms with Gasteiger partial charge in [-0.2, -0.15) is 13.2 Å². The maximum atomic E-state index is 13.3. The number of rotatable bonds is 5. The number of anilines is 1. The number of allylic oxidation sites excluding steroid dienone is 1. The largest absolute Gasteiger partial charge is 0.416 e. The Labute approximate surface area is 219 Å². The number of nitrogens with one attached hydrogen (secondary N) is 1. The van der Waals surface area contributed by atoms with Gasteiger partial charge in [-0.25, -0.2) is 0 Å². The van der Waals surface area contributed by atoms with Crippen molar-refractivity contribution in [3.8, 4) is 0 Å². The number of nitrogens with zero attached hydrogens (tertiary/aromatic N) is 1. The van der Waals surface area contributed by atoms with Crippen LogP contribution in [0.15, 0.2) is 72.3 Å². The molecular weight excluding hydrogens is 497 g/mol. The molecule has 1 aliphatic heterocycles. The van der Waals surface area contributed by atoms with Crippen molar-refractivity contribution < 1.29 is 18.0 Å². The van der Waals surface area contributed by atoms with Gasteiger partial charge in [-0.1, -0.05) is 41.9 Å². The van der Waals surface area contributed by atoms with Crippen molar-refractivity contribution in [3.05, 3.63) is 105 Å². The molecule has 1 N–H and O–H groups in total. The molecule has 192 valence electrons. The lowest BCUT2D eigenvalue weighted by Crippen LogP contribution is -2.30. The van der Waals surface area contributed by atoms with Crippen LogP contribution in [0.4, 0.5) is 18.9 Å². The Morgan fingerprint density at radius 3 is 2.46 bits per heavy atom. The highest BCUT2D eigenvalue weighted by Gasteiger charge is 2.30. The standard InChI is InChI=1S/C30H28ClF3N2O/c31-25-5-3-4-20(16-25)18-36-15-14-22-17-26(13-10-23(22)19-36)35-29(37)28-7-2-1-6-27(28)21-8-11-24(12-9-21)30(32,33)34/h3-5,8-13,16-17H,1-2,6-7,14-15,18-19H2,(H,35,37). The van der Waals surface area contributed by atoms with E-state index in [0.29, 0.717) is 24.0 Å². The zero-order valence-electron chi connectivity index (χ0n) is 20.4. The first-order chi connectivity index (χ1) is 17.8. The minimum absolute atomic E-state index is 0.173. The van der Waals surface area contributed by atoms with Crippen LogP contribution in [0.2, 0.25) is 5.02 Å². The smallest absolute Gasteiger partial charge is 0.322 e. The van der Waals surface area contributed by atoms with Crippen LogP contribution in [0, 0.1) is 0 Å². The van der Waals surface area contributed by atoms with E-state index in [9.17, 15) is 18.0 Å². The summed E-state index contributed by atoms with van der Waals surface area (Å²) in [5.41, 5.74) is 5.90. The lowest BCUT2D eigenvalue weighted by molar-refractivity contribution is -0.137. The van der Waals surface area contributed by atoms with E-state index in [1.807, 2.05) is 30.3 Å². The van der Waals surface area contributed by atoms with Crippen LogP contribution in [0.1, 0.15) is 53.5 Å². The normalized spacial score (nSPS) is 16.4. The molecular formula is C30H28ClF3N2O. The van der Waals surface area contributed by atoms with Gasteiger partial charge in [-0.15, -0.1) is 0 Å². The molecule has 3 aromatic carbocycles. The summed E-state index contributed by atoms with van der Waals surface area (Å²) in [4.78, 5) is 15.6. The Bertz CT molecular complexity index is 1330. The van der Waals surface area contributed by atoms with Crippen molar-refractivity contribution in [1.29, 1.82) is 0 Å². The third kappa shape index (κ3) is 6.08. The molecule has 1 heterocycles. The molecule has 0 unspecified atom stereocenters. The zero-order chi connectivity index (χ0) is 26.0. The minimum Gasteiger partial charge on any atom is -0.322 e. The Balaban J connectivity index is 1.29. The molecule has 0 spiro atoms. The molecule has 0 radical (unpaired) electrons. The Kier molecular flexibility index (Phi) is 7.40. The summed E-state index contributed by atoms with van der Waals surface area (Å²) >= 11 is 6.13. The van der Waals surface area contributed by atoms with E-state index in [-0.39, 0.29) is 5.91 Å². The molecule has 0 fully saturated rings. The summed E-state index contributed by atoms with van der Waals surface area (Å²) in [7, 11) is 0. The highest BCUT2D eigenvalue weighted by molar-refractivity contribution is 6.30. The lowest BCUT2D eigenvalue weighted by Gasteiger charge is -2.29. The SMILES string of the molecule is O=C(Nc1ccc2c(c1)CCN(Cc1cccc(Cl)c1)C2)C1=C(c2ccc(C(F)(F)F)cc2)CCCC1. The molecule has 7 heteroatoms. The fourth-order valence-electron chi connectivity index (χ4n) is 5.26. The topological polar surface area (TPSA) is 32.3 Å². The quantitative estimate of drug-likeness (QED) is 0.368. The first-order valence-electron chi connectivity index (χ1n) is 12.6. The molecule has 2 aliphatic rings. The number of hydrogen-bond donors (Lipinski definition) is 1. The summed E-state index contributed by atoms with van der Waals surface area (Å²) in [5, 5.41) is 3.79. The summed E-state index contributed by atoms with van der Waals surface area (Å²) in [5.74, 6) is -0.173. The number of benzene rings is 3. The van der Waals surface area contributed by atoms with Crippen LogP contribution in [-0.2, 0) is 30.5 Å². The van der Waals surface area contributed by atoms with Gasteiger partial charge < -0.3 is 5.32 Å². The third-order valence-electron chi connectivity index (χ3n) is 7.15. The highest BCUT2D eigenvalue weighted by atomic mass is 35.5. The first-order valence-corrected chi connectivity index (χ1v) is 12.9. The summed E-state index contributed by atoms with van der Waals surface area (Å²) in [6.07, 6.45) is -0.388. The van der Waals surface area contributed by atoms with E-state index < -0.39 is 11.7 Å². The van der Waals surface area contributed by atoms with Crippen LogP contribution in [0.25, 0.3) is 5.57 Å². The average Bonchev–Trinajstić information content (AvgIpc) is 2.88. The van der Waals surface area contributed by atoms with Crippen molar-refractivity contribution in [2.45, 2.75) is 51.4 Å². The van der Waals surface area contributed by atoms with Gasteiger partial charge >= 0.3 is 6.18 Å². The molecule has 1 amide bonds. The maximum Gasteiger partial charge on any atom is 0.416 e. The summed E-state index contributed by atoms with van der Waals surface area (Å²) in [6.45, 7) is 2.58. The van der Waals surface area contributed by atoms with Crippen LogP contribution in [-0.4, -0.2) is 17.4 Å². The molecule has 3 nitrogen and oxygen atoms in total. The van der Waals surface area contributed by atoms with E-state index in [4.69, 9.17) is 11.6 Å². The van der Waals surface area contributed by atoms with Gasteiger partial charge in [0, 0.05) is 35.9 Å². The Hall–Kier alpha value is -3.09. The van der Waals surface area contributed by atoms with E-state index in [1.54, 1.807) is 0 Å². The lowest BCUT2D eigenvalue weighted by atomic mass is 9.86. The second-order valence-electron chi connectivity index (χ2n) is 9.77. The van der Waals surface area contributed by atoms with Gasteiger partial charge in [0.05, 0.1) is 5.56 Å². The molecule has 1 aliphatic carbocycles. The number of alkyl halides is 3. The predicted molar refractivity (Wildman–Crippen MR) is 141 cm³/mol. The maximum absolute atomic E-state index is 13.3. The number of amides is 1. The van der Waals surface area contributed by atoms with Gasteiger partial charge in [0.2, 0.25) is 0 Å². The average molecular weight is 525 g/mol. The van der Waals surface area contributed by atoms with Crippen LogP contribution in [0.3, 0.4) is 0 Å². The second-order valence-corrected chi connectivity index (χ2v) is 10.2. The van der Waals surface area contributed by atoms with Crippen molar-refractivity contribution in [3.63, 3.8) is 0 Å². The van der Waals surface area contributed by atoms with Crippen LogP contribution in [0.5, 0.6) is 0 Å². The van der Waals surface area contributed by atoms with Gasteiger partial charge in [0.1, 0.15) is 0 Å². The monoisotopic (exact) mass is 524 g/mol. The number of hydrogen-bond acceptors (Lipinski definition) is 2. The molecule has 3 aromatic rings. The molecule has 0 atom stereocenters. The summed E-state index contributed by atoms with van der Waals surface area (Å²) in [6, 6.07) is 19.1. The van der Waals surface area contributed by atoms with Crippen molar-refractivity contribution in [2.24, 2.45) is 0 Å². The van der Waals surface area contributed by atoms with Crippen LogP contribution < -0.4 is 5.32 Å². The van der Waals surface area contributed by atoms with Gasteiger partial charge in [-0.3, -0.25) is 9.69 Å². The highest BCUT2D eigenvalue weighted by Crippen LogP contribution is 2.35. The summed E-state index contributed by atoms with van der Waals surface area (Å²) < 4.78 is 38.9. The van der Waals surface area contributed by atoms with E-state index in [1.165, 1.54) is 28.8 Å². The molecule has 0 aromatic heterocycles. The minimum atomic E-state index is -4.38. The van der Waals surface area contributed by atoms with Gasteiger partial charge in [-0.05, 0) is 96.3 Å². The predicted octanol–water partition coefficient (Wildman–Crippen LogP) is 7.88. The molecule has 5 rings (SSSR count). The second kappa shape index (κ2) is 10.7. The van der Waals surface area contributed by atoms with Crippen molar-refractivity contribution in [2.75, 3.05) is 11.9 Å². The molecule has 0 bridgehead atoms. The van der Waals surface area contributed by atoms with E-state index >= 15 is 0 Å². The Morgan fingerprint density at radius 2 is 1.70 bits per heavy atom. The first kappa shape index (κ1) is 25.6. The Morgan fingerprint density at radius 1 is 0.919 bits per heavy atom. The zero-order valence-corrected chi connectivity index (χ0v) is 21.1. The molecule has 37 heavy (non-hydrogen) atoms. The van der Waals surface area contributed by atoms with Crippen LogP contribution >= 0.6 is 11.6 Å². The molecule has 0 saturated heterocycles. The van der Waals surface area contributed by atoms with Gasteiger partial charge in [0.25, 0.3) is 5.91 Å². The van der Waals surface area contributed by atoms with Crippen molar-refractivity contribution >= 4 is 28.8 Å². The number of halogens is 4. The fourth-order valence-corrected chi connectivity index (χ4v) is 5.47. The fraction of sp³-hybridized carbons (Fsp3) is 0.300. The number of carbonyl (C=O) groups excluding carboxylic acids is 1. The van der Waals surface area contributed by atoms with E-state index in [2.05, 4.69) is 22.3 Å². The van der Waals surface area contributed by atoms with Crippen molar-refractivity contribution in [1.82, 2.24) is 4.90 Å². The number of carbonyl (C=O) groups is 1. The van der Waals surface area contributed by atoms with Gasteiger partial charge in [0.15, 0.2) is 0 Å². The van der Waals surface area contributed by atoms with E-state index in [0.717, 1.165) is 67.3 Å². The molecule has 0 saturated carbocycles.